The molecule has 0 radical (unpaired) electrons. The third-order valence-corrected chi connectivity index (χ3v) is 5.11. The number of benzene rings is 1. The van der Waals surface area contributed by atoms with E-state index in [2.05, 4.69) is 54.1 Å². The lowest BCUT2D eigenvalue weighted by atomic mass is 9.99. The van der Waals surface area contributed by atoms with E-state index in [1.807, 2.05) is 0 Å². The normalized spacial score (nSPS) is 18.7. The van der Waals surface area contributed by atoms with Crippen LogP contribution in [0.3, 0.4) is 0 Å². The van der Waals surface area contributed by atoms with Crippen LogP contribution in [-0.2, 0) is 6.42 Å². The van der Waals surface area contributed by atoms with Gasteiger partial charge in [0.25, 0.3) is 0 Å². The second kappa shape index (κ2) is 9.29. The third kappa shape index (κ3) is 5.38. The molecule has 0 bridgehead atoms. The fraction of sp³-hybridized carbons (Fsp3) is 0.684. The maximum Gasteiger partial charge on any atom is 0.0443 e. The highest BCUT2D eigenvalue weighted by Gasteiger charge is 2.24. The van der Waals surface area contributed by atoms with Gasteiger partial charge < -0.3 is 14.9 Å². The van der Waals surface area contributed by atoms with E-state index in [1.54, 1.807) is 0 Å². The first-order chi connectivity index (χ1) is 10.7. The number of rotatable bonds is 8. The Hall–Kier alpha value is -0.900. The lowest BCUT2D eigenvalue weighted by Crippen LogP contribution is -2.46. The Morgan fingerprint density at radius 1 is 1.23 bits per heavy atom. The maximum absolute atomic E-state index is 8.95. The second-order valence-electron chi connectivity index (χ2n) is 6.70. The Morgan fingerprint density at radius 3 is 2.55 bits per heavy atom. The smallest absolute Gasteiger partial charge is 0.0443 e. The first-order valence-corrected chi connectivity index (χ1v) is 8.79. The zero-order chi connectivity index (χ0) is 15.8. The summed E-state index contributed by atoms with van der Waals surface area (Å²) in [6.07, 6.45) is 5.84. The van der Waals surface area contributed by atoms with Crippen LogP contribution in [-0.4, -0.2) is 60.3 Å². The highest BCUT2D eigenvalue weighted by Crippen LogP contribution is 2.19. The monoisotopic (exact) mass is 304 g/mol. The number of likely N-dealkylation sites (tertiary alicyclic amines) is 1. The lowest BCUT2D eigenvalue weighted by Gasteiger charge is -2.39. The molecule has 3 heteroatoms. The summed E-state index contributed by atoms with van der Waals surface area (Å²) in [6, 6.07) is 12.2. The van der Waals surface area contributed by atoms with Gasteiger partial charge in [-0.25, -0.2) is 0 Å². The minimum atomic E-state index is 0.305. The van der Waals surface area contributed by atoms with E-state index in [1.165, 1.54) is 44.3 Å². The maximum atomic E-state index is 8.95. The second-order valence-corrected chi connectivity index (χ2v) is 6.70. The quantitative estimate of drug-likeness (QED) is 0.800. The van der Waals surface area contributed by atoms with Crippen molar-refractivity contribution in [1.29, 1.82) is 0 Å². The van der Waals surface area contributed by atoms with E-state index in [9.17, 15) is 0 Å². The summed E-state index contributed by atoms with van der Waals surface area (Å²) in [5.41, 5.74) is 1.45. The van der Waals surface area contributed by atoms with Crippen molar-refractivity contribution in [2.24, 2.45) is 0 Å². The van der Waals surface area contributed by atoms with Crippen LogP contribution in [0.25, 0.3) is 0 Å². The van der Waals surface area contributed by atoms with Gasteiger partial charge in [-0.05, 0) is 64.7 Å². The molecule has 3 nitrogen and oxygen atoms in total. The zero-order valence-corrected chi connectivity index (χ0v) is 14.2. The molecule has 1 fully saturated rings. The summed E-state index contributed by atoms with van der Waals surface area (Å²) < 4.78 is 0. The average molecular weight is 304 g/mol. The Kier molecular flexibility index (Phi) is 7.37. The van der Waals surface area contributed by atoms with E-state index < -0.39 is 0 Å². The van der Waals surface area contributed by atoms with Gasteiger partial charge in [0, 0.05) is 25.2 Å². The first kappa shape index (κ1) is 17.5. The molecule has 0 spiro atoms. The standard InChI is InChI=1S/C19H32N2O/c1-17(9-10-18-7-4-3-5-8-18)21-14-11-19(12-15-21)20(2)13-6-16-22/h3-5,7-8,17,19,22H,6,9-16H2,1-2H3/t17-/m1/s1. The molecule has 0 amide bonds. The van der Waals surface area contributed by atoms with Gasteiger partial charge in [0.2, 0.25) is 0 Å². The zero-order valence-electron chi connectivity index (χ0n) is 14.2. The van der Waals surface area contributed by atoms with Crippen molar-refractivity contribution in [3.63, 3.8) is 0 Å². The van der Waals surface area contributed by atoms with E-state index in [4.69, 9.17) is 5.11 Å². The number of aliphatic hydroxyl groups is 1. The van der Waals surface area contributed by atoms with Crippen LogP contribution in [0.4, 0.5) is 0 Å². The molecule has 2 rings (SSSR count). The van der Waals surface area contributed by atoms with Crippen LogP contribution in [0.2, 0.25) is 0 Å². The van der Waals surface area contributed by atoms with Gasteiger partial charge in [-0.15, -0.1) is 0 Å². The fourth-order valence-corrected chi connectivity index (χ4v) is 3.47. The van der Waals surface area contributed by atoms with Crippen molar-refractivity contribution in [2.75, 3.05) is 33.3 Å². The summed E-state index contributed by atoms with van der Waals surface area (Å²) in [6.45, 7) is 6.12. The Bertz CT molecular complexity index is 401. The van der Waals surface area contributed by atoms with Crippen molar-refractivity contribution in [2.45, 2.75) is 51.1 Å². The van der Waals surface area contributed by atoms with Gasteiger partial charge in [0.05, 0.1) is 0 Å². The summed E-state index contributed by atoms with van der Waals surface area (Å²) in [4.78, 5) is 5.08. The van der Waals surface area contributed by atoms with Crippen LogP contribution >= 0.6 is 0 Å². The number of hydrogen-bond acceptors (Lipinski definition) is 3. The summed E-state index contributed by atoms with van der Waals surface area (Å²) in [5.74, 6) is 0. The predicted octanol–water partition coefficient (Wildman–Crippen LogP) is 2.79. The lowest BCUT2D eigenvalue weighted by molar-refractivity contribution is 0.0956. The van der Waals surface area contributed by atoms with Crippen LogP contribution < -0.4 is 0 Å². The highest BCUT2D eigenvalue weighted by atomic mass is 16.3. The summed E-state index contributed by atoms with van der Waals surface area (Å²) in [5, 5.41) is 8.95. The number of piperidine rings is 1. The first-order valence-electron chi connectivity index (χ1n) is 8.79. The van der Waals surface area contributed by atoms with Crippen molar-refractivity contribution in [1.82, 2.24) is 9.80 Å². The molecule has 0 aliphatic carbocycles. The molecule has 0 saturated carbocycles. The molecule has 124 valence electrons. The van der Waals surface area contributed by atoms with Crippen LogP contribution in [0.5, 0.6) is 0 Å². The molecular formula is C19H32N2O. The highest BCUT2D eigenvalue weighted by molar-refractivity contribution is 5.14. The number of aryl methyl sites for hydroxylation is 1. The molecule has 0 aromatic heterocycles. The van der Waals surface area contributed by atoms with Gasteiger partial charge in [-0.2, -0.15) is 0 Å². The van der Waals surface area contributed by atoms with Crippen LogP contribution in [0, 0.1) is 0 Å². The van der Waals surface area contributed by atoms with Crippen molar-refractivity contribution < 1.29 is 5.11 Å². The fourth-order valence-electron chi connectivity index (χ4n) is 3.47. The van der Waals surface area contributed by atoms with Gasteiger partial charge in [0.1, 0.15) is 0 Å². The van der Waals surface area contributed by atoms with Crippen LogP contribution in [0.15, 0.2) is 30.3 Å². The molecule has 1 aromatic rings. The molecule has 1 atom stereocenters. The SMILES string of the molecule is C[C@H](CCc1ccccc1)N1CCC(N(C)CCCO)CC1. The summed E-state index contributed by atoms with van der Waals surface area (Å²) >= 11 is 0. The van der Waals surface area contributed by atoms with Gasteiger partial charge in [0.15, 0.2) is 0 Å². The van der Waals surface area contributed by atoms with Gasteiger partial charge in [-0.3, -0.25) is 0 Å². The van der Waals surface area contributed by atoms with E-state index in [-0.39, 0.29) is 0 Å². The van der Waals surface area contributed by atoms with Gasteiger partial charge in [-0.1, -0.05) is 30.3 Å². The van der Waals surface area contributed by atoms with E-state index >= 15 is 0 Å². The van der Waals surface area contributed by atoms with E-state index in [0.29, 0.717) is 18.7 Å². The van der Waals surface area contributed by atoms with Gasteiger partial charge >= 0.3 is 0 Å². The summed E-state index contributed by atoms with van der Waals surface area (Å²) in [7, 11) is 2.20. The molecule has 0 unspecified atom stereocenters. The Labute approximate surface area is 135 Å². The van der Waals surface area contributed by atoms with Crippen LogP contribution in [0.1, 0.15) is 38.2 Å². The average Bonchev–Trinajstić information content (AvgIpc) is 2.58. The topological polar surface area (TPSA) is 26.7 Å². The Morgan fingerprint density at radius 2 is 1.91 bits per heavy atom. The minimum absolute atomic E-state index is 0.305. The third-order valence-electron chi connectivity index (χ3n) is 5.11. The molecule has 1 N–H and O–H groups in total. The number of nitrogens with zero attached hydrogens (tertiary/aromatic N) is 2. The number of aliphatic hydroxyl groups excluding tert-OH is 1. The Balaban J connectivity index is 1.69. The molecule has 1 saturated heterocycles. The van der Waals surface area contributed by atoms with Crippen molar-refractivity contribution in [3.8, 4) is 0 Å². The molecular weight excluding hydrogens is 272 g/mol. The minimum Gasteiger partial charge on any atom is -0.396 e. The molecule has 22 heavy (non-hydrogen) atoms. The molecule has 1 aromatic carbocycles. The van der Waals surface area contributed by atoms with E-state index in [0.717, 1.165) is 13.0 Å². The predicted molar refractivity (Wildman–Crippen MR) is 93.2 cm³/mol. The molecule has 1 aliphatic rings. The molecule has 1 heterocycles. The largest absolute Gasteiger partial charge is 0.396 e. The number of hydrogen-bond donors (Lipinski definition) is 1. The van der Waals surface area contributed by atoms with Crippen molar-refractivity contribution in [3.05, 3.63) is 35.9 Å². The van der Waals surface area contributed by atoms with Crippen molar-refractivity contribution >= 4 is 0 Å². The molecule has 1 aliphatic heterocycles.